The summed E-state index contributed by atoms with van der Waals surface area (Å²) < 4.78 is 0.991. The molecule has 1 saturated carbocycles. The Labute approximate surface area is 118 Å². The van der Waals surface area contributed by atoms with E-state index in [1.165, 1.54) is 32.1 Å². The summed E-state index contributed by atoms with van der Waals surface area (Å²) >= 11 is 3.58. The first-order valence-electron chi connectivity index (χ1n) is 6.76. The molecule has 1 aromatic rings. The van der Waals surface area contributed by atoms with E-state index in [4.69, 9.17) is 5.73 Å². The van der Waals surface area contributed by atoms with Crippen LogP contribution in [0.1, 0.15) is 44.6 Å². The smallest absolute Gasteiger partial charge is 0.140 e. The summed E-state index contributed by atoms with van der Waals surface area (Å²) in [4.78, 5) is 4.39. The average Bonchev–Trinajstić information content (AvgIpc) is 2.40. The summed E-state index contributed by atoms with van der Waals surface area (Å²) in [6, 6.07) is 0.470. The second-order valence-corrected chi connectivity index (χ2v) is 6.13. The monoisotopic (exact) mass is 311 g/mol. The fourth-order valence-corrected chi connectivity index (χ4v) is 3.11. The molecule has 0 bridgehead atoms. The van der Waals surface area contributed by atoms with E-state index in [2.05, 4.69) is 33.2 Å². The van der Waals surface area contributed by atoms with Crippen molar-refractivity contribution in [1.29, 1.82) is 0 Å². The molecule has 1 aliphatic rings. The minimum Gasteiger partial charge on any atom is -0.397 e. The largest absolute Gasteiger partial charge is 0.397 e. The molecule has 0 aliphatic heterocycles. The number of hydrogen-bond acceptors (Lipinski definition) is 3. The van der Waals surface area contributed by atoms with Gasteiger partial charge in [-0.3, -0.25) is 0 Å². The Morgan fingerprint density at radius 1 is 1.39 bits per heavy atom. The molecule has 0 radical (unpaired) electrons. The highest BCUT2D eigenvalue weighted by Crippen LogP contribution is 2.31. The molecule has 3 N–H and O–H groups in total. The highest BCUT2D eigenvalue weighted by atomic mass is 79.9. The van der Waals surface area contributed by atoms with Gasteiger partial charge in [0.15, 0.2) is 0 Å². The summed E-state index contributed by atoms with van der Waals surface area (Å²) in [5.41, 5.74) is 7.64. The van der Waals surface area contributed by atoms with Crippen LogP contribution in [0.3, 0.4) is 0 Å². The number of anilines is 2. The van der Waals surface area contributed by atoms with Crippen molar-refractivity contribution in [2.45, 2.75) is 52.0 Å². The van der Waals surface area contributed by atoms with Crippen LogP contribution < -0.4 is 11.1 Å². The lowest BCUT2D eigenvalue weighted by Gasteiger charge is -2.29. The van der Waals surface area contributed by atoms with Gasteiger partial charge >= 0.3 is 0 Å². The van der Waals surface area contributed by atoms with Gasteiger partial charge in [0.2, 0.25) is 0 Å². The molecule has 0 saturated heterocycles. The van der Waals surface area contributed by atoms with E-state index in [0.717, 1.165) is 27.5 Å². The number of hydrogen-bond donors (Lipinski definition) is 2. The van der Waals surface area contributed by atoms with E-state index >= 15 is 0 Å². The number of nitrogens with two attached hydrogens (primary N) is 1. The summed E-state index contributed by atoms with van der Waals surface area (Å²) in [6.07, 6.45) is 8.53. The first kappa shape index (κ1) is 13.7. The quantitative estimate of drug-likeness (QED) is 0.883. The van der Waals surface area contributed by atoms with E-state index < -0.39 is 0 Å². The summed E-state index contributed by atoms with van der Waals surface area (Å²) in [5, 5.41) is 3.53. The fraction of sp³-hybridized carbons (Fsp3) is 0.643. The lowest BCUT2D eigenvalue weighted by molar-refractivity contribution is 0.328. The number of nitrogens with one attached hydrogen (secondary N) is 1. The summed E-state index contributed by atoms with van der Waals surface area (Å²) in [5.74, 6) is 1.69. The van der Waals surface area contributed by atoms with Crippen LogP contribution in [0.25, 0.3) is 0 Å². The summed E-state index contributed by atoms with van der Waals surface area (Å²) in [6.45, 7) is 4.27. The van der Waals surface area contributed by atoms with Gasteiger partial charge in [0.1, 0.15) is 5.82 Å². The maximum atomic E-state index is 5.84. The van der Waals surface area contributed by atoms with E-state index in [0.29, 0.717) is 6.04 Å². The van der Waals surface area contributed by atoms with E-state index in [1.807, 2.05) is 6.92 Å². The zero-order valence-electron chi connectivity index (χ0n) is 11.2. The molecule has 1 heterocycles. The Hall–Kier alpha value is -0.770. The fourth-order valence-electron chi connectivity index (χ4n) is 2.66. The molecule has 0 spiro atoms. The topological polar surface area (TPSA) is 50.9 Å². The summed E-state index contributed by atoms with van der Waals surface area (Å²) in [7, 11) is 0. The molecular weight excluding hydrogens is 290 g/mol. The number of pyridine rings is 1. The van der Waals surface area contributed by atoms with Gasteiger partial charge in [0, 0.05) is 6.04 Å². The van der Waals surface area contributed by atoms with Crippen molar-refractivity contribution in [3.8, 4) is 0 Å². The van der Waals surface area contributed by atoms with Gasteiger partial charge in [-0.05, 0) is 54.1 Å². The maximum Gasteiger partial charge on any atom is 0.140 e. The van der Waals surface area contributed by atoms with Crippen molar-refractivity contribution < 1.29 is 0 Å². The van der Waals surface area contributed by atoms with Crippen molar-refractivity contribution in [2.24, 2.45) is 5.92 Å². The second-order valence-electron chi connectivity index (χ2n) is 5.33. The number of rotatable bonds is 3. The Kier molecular flexibility index (Phi) is 4.49. The average molecular weight is 312 g/mol. The highest BCUT2D eigenvalue weighted by Gasteiger charge is 2.21. The van der Waals surface area contributed by atoms with Crippen molar-refractivity contribution in [1.82, 2.24) is 4.98 Å². The third-order valence-corrected chi connectivity index (χ3v) is 4.99. The molecule has 3 nitrogen and oxygen atoms in total. The van der Waals surface area contributed by atoms with Crippen molar-refractivity contribution >= 4 is 27.4 Å². The van der Waals surface area contributed by atoms with Gasteiger partial charge in [-0.15, -0.1) is 0 Å². The molecule has 1 atom stereocenters. The molecule has 1 aliphatic carbocycles. The molecule has 1 aromatic heterocycles. The normalized spacial score (nSPS) is 18.6. The predicted molar refractivity (Wildman–Crippen MR) is 80.7 cm³/mol. The Morgan fingerprint density at radius 3 is 2.72 bits per heavy atom. The van der Waals surface area contributed by atoms with Crippen molar-refractivity contribution in [3.63, 3.8) is 0 Å². The lowest BCUT2D eigenvalue weighted by atomic mass is 9.84. The van der Waals surface area contributed by atoms with Gasteiger partial charge < -0.3 is 11.1 Å². The minimum absolute atomic E-state index is 0.470. The van der Waals surface area contributed by atoms with Crippen LogP contribution in [0.15, 0.2) is 10.7 Å². The second kappa shape index (κ2) is 5.91. The SMILES string of the molecule is Cc1c(N)cnc(NC(C)C2CCCCC2)c1Br. The van der Waals surface area contributed by atoms with Gasteiger partial charge in [0.05, 0.1) is 16.4 Å². The van der Waals surface area contributed by atoms with Crippen LogP contribution in [0.4, 0.5) is 11.5 Å². The number of halogens is 1. The van der Waals surface area contributed by atoms with Crippen LogP contribution in [-0.2, 0) is 0 Å². The maximum absolute atomic E-state index is 5.84. The third-order valence-electron chi connectivity index (χ3n) is 4.02. The molecule has 0 amide bonds. The molecule has 0 aromatic carbocycles. The number of nitrogens with zero attached hydrogens (tertiary/aromatic N) is 1. The van der Waals surface area contributed by atoms with Crippen LogP contribution in [0.5, 0.6) is 0 Å². The van der Waals surface area contributed by atoms with Gasteiger partial charge in [-0.25, -0.2) is 4.98 Å². The van der Waals surface area contributed by atoms with Crippen LogP contribution in [0, 0.1) is 12.8 Å². The molecule has 100 valence electrons. The van der Waals surface area contributed by atoms with E-state index in [9.17, 15) is 0 Å². The Bertz CT molecular complexity index is 414. The molecule has 1 fully saturated rings. The first-order valence-corrected chi connectivity index (χ1v) is 7.56. The van der Waals surface area contributed by atoms with Crippen LogP contribution in [-0.4, -0.2) is 11.0 Å². The molecule has 2 rings (SSSR count). The van der Waals surface area contributed by atoms with Crippen molar-refractivity contribution in [3.05, 3.63) is 16.2 Å². The van der Waals surface area contributed by atoms with Gasteiger partial charge in [0.25, 0.3) is 0 Å². The van der Waals surface area contributed by atoms with E-state index in [-0.39, 0.29) is 0 Å². The standard InChI is InChI=1S/C14H22BrN3/c1-9-12(16)8-17-14(13(9)15)18-10(2)11-6-4-3-5-7-11/h8,10-11H,3-7,16H2,1-2H3,(H,17,18). The third kappa shape index (κ3) is 2.97. The lowest BCUT2D eigenvalue weighted by Crippen LogP contribution is -2.28. The Balaban J connectivity index is 2.06. The highest BCUT2D eigenvalue weighted by molar-refractivity contribution is 9.10. The first-order chi connectivity index (χ1) is 8.59. The van der Waals surface area contributed by atoms with Gasteiger partial charge in [-0.1, -0.05) is 19.3 Å². The Morgan fingerprint density at radius 2 is 2.06 bits per heavy atom. The van der Waals surface area contributed by atoms with E-state index in [1.54, 1.807) is 6.20 Å². The minimum atomic E-state index is 0.470. The van der Waals surface area contributed by atoms with Crippen LogP contribution >= 0.6 is 15.9 Å². The predicted octanol–water partition coefficient (Wildman–Crippen LogP) is 4.12. The van der Waals surface area contributed by atoms with Crippen LogP contribution in [0.2, 0.25) is 0 Å². The number of nitrogen functional groups attached to an aromatic ring is 1. The van der Waals surface area contributed by atoms with Crippen molar-refractivity contribution in [2.75, 3.05) is 11.1 Å². The molecule has 18 heavy (non-hydrogen) atoms. The molecule has 1 unspecified atom stereocenters. The molecule has 4 heteroatoms. The zero-order valence-corrected chi connectivity index (χ0v) is 12.8. The zero-order chi connectivity index (χ0) is 13.1. The van der Waals surface area contributed by atoms with Gasteiger partial charge in [-0.2, -0.15) is 0 Å². The number of aromatic nitrogens is 1. The molecular formula is C14H22BrN3.